The molecule has 0 unspecified atom stereocenters. The molecule has 152 valence electrons. The van der Waals surface area contributed by atoms with E-state index in [1.54, 1.807) is 29.9 Å². The zero-order chi connectivity index (χ0) is 20.8. The van der Waals surface area contributed by atoms with Gasteiger partial charge in [-0.2, -0.15) is 0 Å². The molecule has 1 N–H and O–H groups in total. The van der Waals surface area contributed by atoms with Gasteiger partial charge in [0.15, 0.2) is 11.5 Å². The summed E-state index contributed by atoms with van der Waals surface area (Å²) in [6, 6.07) is 12.7. The molecule has 0 radical (unpaired) electrons. The van der Waals surface area contributed by atoms with Crippen LogP contribution in [0.25, 0.3) is 16.7 Å². The number of para-hydroxylation sites is 2. The number of aryl methyl sites for hydroxylation is 2. The largest absolute Gasteiger partial charge is 0.486 e. The standard InChI is InChI=1S/C22H20N4O4/c1-13-6-5-9-26-19(13)24-20-15(22(26)28)10-16(25(20)2)21(27)23-11-14-12-29-17-7-3-4-8-18(17)30-14/h3-10,14H,11-12H2,1-2H3,(H,23,27)/t14-/m0/s1. The number of pyridine rings is 1. The van der Waals surface area contributed by atoms with Crippen LogP contribution in [0.5, 0.6) is 11.5 Å². The summed E-state index contributed by atoms with van der Waals surface area (Å²) in [7, 11) is 1.73. The maximum atomic E-state index is 12.9. The summed E-state index contributed by atoms with van der Waals surface area (Å²) < 4.78 is 14.7. The molecule has 0 bridgehead atoms. The van der Waals surface area contributed by atoms with Crippen molar-refractivity contribution in [2.24, 2.45) is 7.05 Å². The van der Waals surface area contributed by atoms with Gasteiger partial charge in [-0.05, 0) is 36.8 Å². The second kappa shape index (κ2) is 6.91. The Morgan fingerprint density at radius 3 is 2.83 bits per heavy atom. The molecule has 5 rings (SSSR count). The van der Waals surface area contributed by atoms with Gasteiger partial charge in [0.05, 0.1) is 11.9 Å². The normalized spacial score (nSPS) is 15.5. The lowest BCUT2D eigenvalue weighted by Crippen LogP contribution is -2.41. The Bertz CT molecular complexity index is 1350. The molecule has 30 heavy (non-hydrogen) atoms. The van der Waals surface area contributed by atoms with Gasteiger partial charge in [-0.1, -0.05) is 18.2 Å². The first kappa shape index (κ1) is 18.2. The van der Waals surface area contributed by atoms with E-state index < -0.39 is 0 Å². The summed E-state index contributed by atoms with van der Waals surface area (Å²) in [5.74, 6) is 1.05. The fourth-order valence-electron chi connectivity index (χ4n) is 3.71. The smallest absolute Gasteiger partial charge is 0.268 e. The number of nitrogens with one attached hydrogen (secondary N) is 1. The van der Waals surface area contributed by atoms with Crippen LogP contribution in [-0.4, -0.2) is 39.1 Å². The van der Waals surface area contributed by atoms with Crippen molar-refractivity contribution < 1.29 is 14.3 Å². The summed E-state index contributed by atoms with van der Waals surface area (Å²) in [6.45, 7) is 2.52. The Kier molecular flexibility index (Phi) is 4.20. The van der Waals surface area contributed by atoms with Gasteiger partial charge < -0.3 is 19.4 Å². The van der Waals surface area contributed by atoms with Gasteiger partial charge in [-0.15, -0.1) is 0 Å². The van der Waals surface area contributed by atoms with Crippen molar-refractivity contribution in [2.75, 3.05) is 13.2 Å². The van der Waals surface area contributed by atoms with E-state index in [0.717, 1.165) is 5.56 Å². The van der Waals surface area contributed by atoms with Gasteiger partial charge in [0.1, 0.15) is 29.7 Å². The average Bonchev–Trinajstić information content (AvgIpc) is 3.10. The first-order valence-electron chi connectivity index (χ1n) is 9.67. The first-order chi connectivity index (χ1) is 14.5. The van der Waals surface area contributed by atoms with Crippen LogP contribution < -0.4 is 20.3 Å². The number of ether oxygens (including phenoxy) is 2. The molecule has 3 aromatic heterocycles. The number of carbonyl (C=O) groups excluding carboxylic acids is 1. The second-order valence-electron chi connectivity index (χ2n) is 7.34. The summed E-state index contributed by atoms with van der Waals surface area (Å²) in [6.07, 6.45) is 1.38. The number of nitrogens with zero attached hydrogens (tertiary/aromatic N) is 3. The highest BCUT2D eigenvalue weighted by Gasteiger charge is 2.23. The van der Waals surface area contributed by atoms with Gasteiger partial charge in [0.2, 0.25) is 0 Å². The number of aromatic nitrogens is 3. The van der Waals surface area contributed by atoms with Gasteiger partial charge >= 0.3 is 0 Å². The minimum Gasteiger partial charge on any atom is -0.486 e. The Morgan fingerprint density at radius 1 is 1.20 bits per heavy atom. The van der Waals surface area contributed by atoms with E-state index in [1.165, 1.54) is 4.40 Å². The molecule has 0 saturated carbocycles. The number of amides is 1. The minimum atomic E-state index is -0.303. The lowest BCUT2D eigenvalue weighted by atomic mass is 10.2. The summed E-state index contributed by atoms with van der Waals surface area (Å²) >= 11 is 0. The van der Waals surface area contributed by atoms with Crippen molar-refractivity contribution in [3.8, 4) is 11.5 Å². The van der Waals surface area contributed by atoms with Crippen LogP contribution in [0.2, 0.25) is 0 Å². The molecule has 0 spiro atoms. The Hall–Kier alpha value is -3.81. The Labute approximate surface area is 171 Å². The van der Waals surface area contributed by atoms with Crippen molar-refractivity contribution in [3.05, 3.63) is 70.3 Å². The molecular weight excluding hydrogens is 384 g/mol. The number of fused-ring (bicyclic) bond motifs is 3. The first-order valence-corrected chi connectivity index (χ1v) is 9.67. The Balaban J connectivity index is 1.41. The van der Waals surface area contributed by atoms with Crippen LogP contribution in [-0.2, 0) is 7.05 Å². The molecule has 1 amide bonds. The number of benzene rings is 1. The summed E-state index contributed by atoms with van der Waals surface area (Å²) in [5.41, 5.74) is 2.10. The number of hydrogen-bond acceptors (Lipinski definition) is 5. The quantitative estimate of drug-likeness (QED) is 0.565. The fraction of sp³-hybridized carbons (Fsp3) is 0.227. The van der Waals surface area contributed by atoms with E-state index in [0.29, 0.717) is 40.5 Å². The monoisotopic (exact) mass is 404 g/mol. The molecule has 8 heteroatoms. The van der Waals surface area contributed by atoms with Gasteiger partial charge in [0.25, 0.3) is 11.5 Å². The van der Waals surface area contributed by atoms with E-state index in [1.807, 2.05) is 37.3 Å². The molecule has 8 nitrogen and oxygen atoms in total. The lowest BCUT2D eigenvalue weighted by molar-refractivity contribution is 0.0785. The highest BCUT2D eigenvalue weighted by Crippen LogP contribution is 2.30. The van der Waals surface area contributed by atoms with Crippen molar-refractivity contribution in [1.29, 1.82) is 0 Å². The maximum absolute atomic E-state index is 12.9. The topological polar surface area (TPSA) is 86.9 Å². The number of hydrogen-bond donors (Lipinski definition) is 1. The van der Waals surface area contributed by atoms with E-state index in [4.69, 9.17) is 9.47 Å². The molecule has 4 aromatic rings. The van der Waals surface area contributed by atoms with Crippen LogP contribution in [0.3, 0.4) is 0 Å². The third-order valence-electron chi connectivity index (χ3n) is 5.31. The van der Waals surface area contributed by atoms with Crippen molar-refractivity contribution in [3.63, 3.8) is 0 Å². The van der Waals surface area contributed by atoms with Crippen LogP contribution >= 0.6 is 0 Å². The van der Waals surface area contributed by atoms with Crippen LogP contribution in [0, 0.1) is 6.92 Å². The highest BCUT2D eigenvalue weighted by atomic mass is 16.6. The van der Waals surface area contributed by atoms with Gasteiger partial charge in [-0.3, -0.25) is 14.0 Å². The second-order valence-corrected chi connectivity index (χ2v) is 7.34. The molecule has 1 aliphatic heterocycles. The SMILES string of the molecule is Cc1cccn2c(=O)c3cc(C(=O)NC[C@H]4COc5ccccc5O4)n(C)c3nc12. The molecule has 4 heterocycles. The molecule has 0 saturated heterocycles. The van der Waals surface area contributed by atoms with E-state index in [2.05, 4.69) is 10.3 Å². The molecule has 1 aliphatic rings. The van der Waals surface area contributed by atoms with Crippen molar-refractivity contribution >= 4 is 22.6 Å². The third kappa shape index (κ3) is 2.88. The van der Waals surface area contributed by atoms with Crippen LogP contribution in [0.1, 0.15) is 16.1 Å². The zero-order valence-electron chi connectivity index (χ0n) is 16.6. The summed E-state index contributed by atoms with van der Waals surface area (Å²) in [5, 5.41) is 3.27. The van der Waals surface area contributed by atoms with E-state index in [-0.39, 0.29) is 24.1 Å². The number of rotatable bonds is 3. The van der Waals surface area contributed by atoms with E-state index in [9.17, 15) is 9.59 Å². The van der Waals surface area contributed by atoms with Crippen molar-refractivity contribution in [1.82, 2.24) is 19.3 Å². The predicted molar refractivity (Wildman–Crippen MR) is 111 cm³/mol. The zero-order valence-corrected chi connectivity index (χ0v) is 16.6. The lowest BCUT2D eigenvalue weighted by Gasteiger charge is -2.26. The molecule has 1 aromatic carbocycles. The summed E-state index contributed by atoms with van der Waals surface area (Å²) in [4.78, 5) is 30.3. The Morgan fingerprint density at radius 2 is 2.00 bits per heavy atom. The molecular formula is C22H20N4O4. The molecule has 0 aliphatic carbocycles. The van der Waals surface area contributed by atoms with Gasteiger partial charge in [0, 0.05) is 13.2 Å². The van der Waals surface area contributed by atoms with E-state index >= 15 is 0 Å². The average molecular weight is 404 g/mol. The fourth-order valence-corrected chi connectivity index (χ4v) is 3.71. The highest BCUT2D eigenvalue weighted by molar-refractivity contribution is 5.98. The predicted octanol–water partition coefficient (Wildman–Crippen LogP) is 2.06. The van der Waals surface area contributed by atoms with Crippen LogP contribution in [0.4, 0.5) is 0 Å². The van der Waals surface area contributed by atoms with Gasteiger partial charge in [-0.25, -0.2) is 4.98 Å². The minimum absolute atomic E-state index is 0.200. The molecule has 0 fully saturated rings. The van der Waals surface area contributed by atoms with Crippen molar-refractivity contribution in [2.45, 2.75) is 13.0 Å². The molecule has 1 atom stereocenters. The third-order valence-corrected chi connectivity index (χ3v) is 5.31. The maximum Gasteiger partial charge on any atom is 0.268 e. The van der Waals surface area contributed by atoms with Crippen LogP contribution in [0.15, 0.2) is 53.5 Å². The number of carbonyl (C=O) groups is 1.